The van der Waals surface area contributed by atoms with Crippen molar-refractivity contribution in [2.45, 2.75) is 18.6 Å². The molecule has 3 heterocycles. The third-order valence-corrected chi connectivity index (χ3v) is 6.19. The van der Waals surface area contributed by atoms with Crippen LogP contribution in [0.5, 0.6) is 11.5 Å². The molecule has 0 spiro atoms. The quantitative estimate of drug-likeness (QED) is 0.366. The number of aromatic nitrogens is 3. The third kappa shape index (κ3) is 4.06. The van der Waals surface area contributed by atoms with Crippen molar-refractivity contribution in [2.24, 2.45) is 16.5 Å². The molecular weight excluding hydrogens is 461 g/mol. The number of ether oxygens (including phenoxy) is 2. The molecule has 0 fully saturated rings. The van der Waals surface area contributed by atoms with E-state index >= 15 is 0 Å². The fourth-order valence-corrected chi connectivity index (χ4v) is 4.36. The fourth-order valence-electron chi connectivity index (χ4n) is 4.36. The van der Waals surface area contributed by atoms with Crippen LogP contribution in [0.1, 0.15) is 16.8 Å². The molecule has 0 radical (unpaired) electrons. The Hall–Kier alpha value is -4.60. The minimum atomic E-state index is -1.13. The van der Waals surface area contributed by atoms with E-state index in [2.05, 4.69) is 10.3 Å². The number of benzene rings is 2. The van der Waals surface area contributed by atoms with Crippen molar-refractivity contribution in [3.05, 3.63) is 95.3 Å². The van der Waals surface area contributed by atoms with Gasteiger partial charge in [-0.15, -0.1) is 0 Å². The second-order valence-corrected chi connectivity index (χ2v) is 8.43. The molecule has 36 heavy (non-hydrogen) atoms. The van der Waals surface area contributed by atoms with Crippen LogP contribution in [0.4, 0.5) is 4.39 Å². The van der Waals surface area contributed by atoms with Gasteiger partial charge in [-0.1, -0.05) is 24.3 Å². The van der Waals surface area contributed by atoms with Crippen molar-refractivity contribution in [3.63, 3.8) is 0 Å². The van der Waals surface area contributed by atoms with Gasteiger partial charge in [-0.3, -0.25) is 0 Å². The molecule has 2 aromatic carbocycles. The average molecular weight is 488 g/mol. The van der Waals surface area contributed by atoms with E-state index in [1.807, 2.05) is 24.3 Å². The number of hydrogen-bond acceptors (Lipinski definition) is 8. The number of methoxy groups -OCH3 is 2. The molecule has 1 aliphatic rings. The van der Waals surface area contributed by atoms with E-state index in [0.29, 0.717) is 40.5 Å². The molecular formula is C26H26FN7O2. The lowest BCUT2D eigenvalue weighted by atomic mass is 9.93. The van der Waals surface area contributed by atoms with Crippen LogP contribution in [-0.2, 0) is 18.6 Å². The number of amidine groups is 1. The summed E-state index contributed by atoms with van der Waals surface area (Å²) < 4.78 is 27.1. The molecule has 184 valence electrons. The molecule has 1 atom stereocenters. The minimum absolute atomic E-state index is 0.182. The van der Waals surface area contributed by atoms with Crippen LogP contribution in [0.15, 0.2) is 77.7 Å². The maximum absolute atomic E-state index is 14.5. The summed E-state index contributed by atoms with van der Waals surface area (Å²) in [7, 11) is 3.19. The van der Waals surface area contributed by atoms with Crippen molar-refractivity contribution in [2.75, 3.05) is 14.2 Å². The number of rotatable bonds is 7. The second-order valence-electron chi connectivity index (χ2n) is 8.43. The first kappa shape index (κ1) is 23.2. The summed E-state index contributed by atoms with van der Waals surface area (Å²) in [6, 6.07) is 15.9. The largest absolute Gasteiger partial charge is 0.497 e. The van der Waals surface area contributed by atoms with E-state index in [9.17, 15) is 4.39 Å². The van der Waals surface area contributed by atoms with Crippen molar-refractivity contribution >= 4 is 16.9 Å². The van der Waals surface area contributed by atoms with Gasteiger partial charge >= 0.3 is 0 Å². The number of nitrogens with one attached hydrogen (secondary N) is 1. The van der Waals surface area contributed by atoms with Crippen LogP contribution in [0, 0.1) is 5.82 Å². The predicted molar refractivity (Wildman–Crippen MR) is 135 cm³/mol. The smallest absolute Gasteiger partial charge is 0.181 e. The van der Waals surface area contributed by atoms with Gasteiger partial charge in [0.15, 0.2) is 11.3 Å². The van der Waals surface area contributed by atoms with E-state index in [0.717, 1.165) is 10.9 Å². The Morgan fingerprint density at radius 2 is 1.86 bits per heavy atom. The second kappa shape index (κ2) is 9.21. The Morgan fingerprint density at radius 1 is 1.03 bits per heavy atom. The van der Waals surface area contributed by atoms with Gasteiger partial charge in [-0.05, 0) is 29.8 Å². The first-order valence-electron chi connectivity index (χ1n) is 11.3. The maximum atomic E-state index is 14.5. The number of hydrogen-bond donors (Lipinski definition) is 3. The summed E-state index contributed by atoms with van der Waals surface area (Å²) in [6.07, 6.45) is 3.62. The number of nitrogens with zero attached hydrogens (tertiary/aromatic N) is 4. The van der Waals surface area contributed by atoms with E-state index in [-0.39, 0.29) is 18.2 Å². The van der Waals surface area contributed by atoms with E-state index < -0.39 is 5.66 Å². The number of halogens is 1. The van der Waals surface area contributed by atoms with Crippen LogP contribution in [0.2, 0.25) is 0 Å². The summed E-state index contributed by atoms with van der Waals surface area (Å²) in [5.74, 6) is 1.16. The zero-order valence-electron chi connectivity index (χ0n) is 19.9. The number of nitrogens with two attached hydrogens (primary N) is 2. The standard InChI is InChI=1S/C26H26FN7O2/c1-35-18-10-9-16(22(12-18)36-2)13-26(31-14-21(28)24(29)32-26)23-19-7-5-11-30-25(19)34(33-23)15-17-6-3-4-8-20(17)27/h3-12,14,31H,13,15,28H2,1-2H3,(H2,29,32). The summed E-state index contributed by atoms with van der Waals surface area (Å²) in [6.45, 7) is 0.194. The minimum Gasteiger partial charge on any atom is -0.497 e. The molecule has 0 aliphatic carbocycles. The number of aliphatic imine (C=N–C) groups is 1. The molecule has 1 unspecified atom stereocenters. The molecule has 2 aromatic heterocycles. The van der Waals surface area contributed by atoms with Crippen molar-refractivity contribution in [1.82, 2.24) is 20.1 Å². The lowest BCUT2D eigenvalue weighted by Crippen LogP contribution is -2.46. The van der Waals surface area contributed by atoms with Gasteiger partial charge in [0.25, 0.3) is 0 Å². The zero-order valence-corrected chi connectivity index (χ0v) is 19.9. The topological polar surface area (TPSA) is 126 Å². The van der Waals surface area contributed by atoms with Crippen molar-refractivity contribution < 1.29 is 13.9 Å². The molecule has 9 nitrogen and oxygen atoms in total. The lowest BCUT2D eigenvalue weighted by Gasteiger charge is -2.33. The Kier molecular flexibility index (Phi) is 5.93. The van der Waals surface area contributed by atoms with Gasteiger partial charge in [-0.2, -0.15) is 5.10 Å². The Bertz CT molecular complexity index is 1500. The zero-order chi connectivity index (χ0) is 25.3. The van der Waals surface area contributed by atoms with Crippen molar-refractivity contribution in [1.29, 1.82) is 0 Å². The van der Waals surface area contributed by atoms with E-state index in [1.54, 1.807) is 55.6 Å². The first-order chi connectivity index (χ1) is 17.4. The molecule has 5 N–H and O–H groups in total. The molecule has 0 saturated heterocycles. The molecule has 4 aromatic rings. The van der Waals surface area contributed by atoms with Crippen LogP contribution >= 0.6 is 0 Å². The average Bonchev–Trinajstić information content (AvgIpc) is 3.27. The van der Waals surface area contributed by atoms with Crippen LogP contribution in [0.25, 0.3) is 11.0 Å². The Labute approximate surface area is 207 Å². The van der Waals surface area contributed by atoms with Crippen LogP contribution in [-0.4, -0.2) is 34.8 Å². The fraction of sp³-hybridized carbons (Fsp3) is 0.192. The van der Waals surface area contributed by atoms with Crippen molar-refractivity contribution in [3.8, 4) is 11.5 Å². The van der Waals surface area contributed by atoms with Gasteiger partial charge in [0.1, 0.15) is 28.8 Å². The summed E-state index contributed by atoms with van der Waals surface area (Å²) in [5, 5.41) is 8.96. The van der Waals surface area contributed by atoms with E-state index in [1.165, 1.54) is 6.07 Å². The van der Waals surface area contributed by atoms with Crippen LogP contribution < -0.4 is 26.3 Å². The Morgan fingerprint density at radius 3 is 2.61 bits per heavy atom. The number of pyridine rings is 1. The first-order valence-corrected chi connectivity index (χ1v) is 11.3. The van der Waals surface area contributed by atoms with Gasteiger partial charge in [0, 0.05) is 35.8 Å². The molecule has 5 rings (SSSR count). The molecule has 0 amide bonds. The number of fused-ring (bicyclic) bond motifs is 1. The highest BCUT2D eigenvalue weighted by atomic mass is 19.1. The van der Waals surface area contributed by atoms with Crippen LogP contribution in [0.3, 0.4) is 0 Å². The molecule has 0 bridgehead atoms. The summed E-state index contributed by atoms with van der Waals surface area (Å²) in [5.41, 5.74) is 13.9. The van der Waals surface area contributed by atoms with Gasteiger partial charge in [0.05, 0.1) is 26.5 Å². The Balaban J connectivity index is 1.67. The van der Waals surface area contributed by atoms with Gasteiger partial charge in [-0.25, -0.2) is 19.0 Å². The highest BCUT2D eigenvalue weighted by Gasteiger charge is 2.39. The SMILES string of the molecule is COc1ccc(CC2(c3nn(Cc4ccccc4F)c4ncccc34)N=C(N)C(N)=CN2)c(OC)c1. The normalized spacial score (nSPS) is 17.3. The predicted octanol–water partition coefficient (Wildman–Crippen LogP) is 2.79. The molecule has 10 heteroatoms. The maximum Gasteiger partial charge on any atom is 0.181 e. The highest BCUT2D eigenvalue weighted by molar-refractivity contribution is 5.97. The van der Waals surface area contributed by atoms with Gasteiger partial charge in [0.2, 0.25) is 0 Å². The third-order valence-electron chi connectivity index (χ3n) is 6.19. The molecule has 0 saturated carbocycles. The molecule has 1 aliphatic heterocycles. The summed E-state index contributed by atoms with van der Waals surface area (Å²) >= 11 is 0. The lowest BCUT2D eigenvalue weighted by molar-refractivity contribution is 0.355. The monoisotopic (exact) mass is 487 g/mol. The van der Waals surface area contributed by atoms with E-state index in [4.69, 9.17) is 31.0 Å². The van der Waals surface area contributed by atoms with Gasteiger partial charge < -0.3 is 26.3 Å². The summed E-state index contributed by atoms with van der Waals surface area (Å²) in [4.78, 5) is 9.33. The highest BCUT2D eigenvalue weighted by Crippen LogP contribution is 2.37.